The van der Waals surface area contributed by atoms with E-state index in [1.807, 2.05) is 11.9 Å². The molecule has 1 aromatic rings. The SMILES string of the molecule is CCc1ccc(CN(C)C(=O)CCC2CCCN2)cc1.Cl. The van der Waals surface area contributed by atoms with E-state index in [2.05, 4.69) is 36.5 Å². The highest BCUT2D eigenvalue weighted by Crippen LogP contribution is 2.13. The molecule has 118 valence electrons. The molecule has 1 fully saturated rings. The first-order valence-electron chi connectivity index (χ1n) is 7.74. The molecule has 21 heavy (non-hydrogen) atoms. The van der Waals surface area contributed by atoms with Crippen LogP contribution in [0.4, 0.5) is 0 Å². The normalized spacial score (nSPS) is 17.3. The minimum atomic E-state index is 0. The van der Waals surface area contributed by atoms with Gasteiger partial charge in [0.1, 0.15) is 0 Å². The van der Waals surface area contributed by atoms with E-state index in [9.17, 15) is 4.79 Å². The summed E-state index contributed by atoms with van der Waals surface area (Å²) in [6.07, 6.45) is 5.15. The first-order chi connectivity index (χ1) is 9.69. The molecule has 1 atom stereocenters. The van der Waals surface area contributed by atoms with Gasteiger partial charge in [-0.2, -0.15) is 0 Å². The van der Waals surface area contributed by atoms with E-state index in [4.69, 9.17) is 0 Å². The smallest absolute Gasteiger partial charge is 0.222 e. The summed E-state index contributed by atoms with van der Waals surface area (Å²) in [5, 5.41) is 3.44. The molecule has 2 rings (SSSR count). The Morgan fingerprint density at radius 2 is 1.95 bits per heavy atom. The Kier molecular flexibility index (Phi) is 7.76. The summed E-state index contributed by atoms with van der Waals surface area (Å²) in [6, 6.07) is 9.10. The largest absolute Gasteiger partial charge is 0.341 e. The second-order valence-electron chi connectivity index (χ2n) is 5.75. The van der Waals surface area contributed by atoms with Crippen LogP contribution in [-0.4, -0.2) is 30.4 Å². The predicted octanol–water partition coefficient (Wildman–Crippen LogP) is 3.16. The highest BCUT2D eigenvalue weighted by Gasteiger charge is 2.16. The van der Waals surface area contributed by atoms with E-state index in [1.165, 1.54) is 24.0 Å². The van der Waals surface area contributed by atoms with Crippen molar-refractivity contribution in [2.24, 2.45) is 0 Å². The first-order valence-corrected chi connectivity index (χ1v) is 7.74. The molecule has 4 heteroatoms. The molecule has 0 saturated carbocycles. The van der Waals surface area contributed by atoms with Crippen LogP contribution in [-0.2, 0) is 17.8 Å². The van der Waals surface area contributed by atoms with Crippen molar-refractivity contribution >= 4 is 18.3 Å². The molecule has 0 aromatic heterocycles. The number of amides is 1. The van der Waals surface area contributed by atoms with Crippen molar-refractivity contribution < 1.29 is 4.79 Å². The van der Waals surface area contributed by atoms with E-state index in [0.717, 1.165) is 19.4 Å². The molecule has 0 aliphatic carbocycles. The lowest BCUT2D eigenvalue weighted by Gasteiger charge is -2.18. The predicted molar refractivity (Wildman–Crippen MR) is 89.8 cm³/mol. The lowest BCUT2D eigenvalue weighted by atomic mass is 10.1. The maximum absolute atomic E-state index is 12.1. The average Bonchev–Trinajstić information content (AvgIpc) is 2.98. The molecule has 1 aliphatic heterocycles. The molecule has 3 nitrogen and oxygen atoms in total. The van der Waals surface area contributed by atoms with Gasteiger partial charge in [-0.1, -0.05) is 31.2 Å². The molecule has 1 saturated heterocycles. The Balaban J connectivity index is 0.00000220. The number of rotatable bonds is 6. The highest BCUT2D eigenvalue weighted by atomic mass is 35.5. The summed E-state index contributed by atoms with van der Waals surface area (Å²) in [6.45, 7) is 3.97. The third-order valence-electron chi connectivity index (χ3n) is 4.15. The lowest BCUT2D eigenvalue weighted by molar-refractivity contribution is -0.130. The van der Waals surface area contributed by atoms with E-state index in [0.29, 0.717) is 19.0 Å². The van der Waals surface area contributed by atoms with Crippen molar-refractivity contribution in [2.75, 3.05) is 13.6 Å². The number of benzene rings is 1. The maximum atomic E-state index is 12.1. The Morgan fingerprint density at radius 1 is 1.29 bits per heavy atom. The summed E-state index contributed by atoms with van der Waals surface area (Å²) in [4.78, 5) is 14.0. The zero-order chi connectivity index (χ0) is 14.4. The van der Waals surface area contributed by atoms with Crippen molar-refractivity contribution in [1.82, 2.24) is 10.2 Å². The fourth-order valence-corrected chi connectivity index (χ4v) is 2.73. The number of halogens is 1. The van der Waals surface area contributed by atoms with Gasteiger partial charge in [0.05, 0.1) is 0 Å². The van der Waals surface area contributed by atoms with Gasteiger partial charge in [-0.25, -0.2) is 0 Å². The third-order valence-corrected chi connectivity index (χ3v) is 4.15. The van der Waals surface area contributed by atoms with Gasteiger partial charge in [0, 0.05) is 26.1 Å². The van der Waals surface area contributed by atoms with Gasteiger partial charge in [0.25, 0.3) is 0 Å². The zero-order valence-corrected chi connectivity index (χ0v) is 13.9. The van der Waals surface area contributed by atoms with Crippen molar-refractivity contribution in [3.05, 3.63) is 35.4 Å². The topological polar surface area (TPSA) is 32.3 Å². The van der Waals surface area contributed by atoms with Crippen LogP contribution >= 0.6 is 12.4 Å². The molecule has 1 amide bonds. The Morgan fingerprint density at radius 3 is 2.52 bits per heavy atom. The maximum Gasteiger partial charge on any atom is 0.222 e. The number of carbonyl (C=O) groups is 1. The molecule has 0 spiro atoms. The van der Waals surface area contributed by atoms with Crippen LogP contribution in [0, 0.1) is 0 Å². The molecular formula is C17H27ClN2O. The number of hydrogen-bond donors (Lipinski definition) is 1. The molecule has 0 radical (unpaired) electrons. The van der Waals surface area contributed by atoms with Gasteiger partial charge in [0.2, 0.25) is 5.91 Å². The molecule has 1 heterocycles. The number of nitrogens with one attached hydrogen (secondary N) is 1. The van der Waals surface area contributed by atoms with Gasteiger partial charge in [-0.15, -0.1) is 12.4 Å². The Bertz CT molecular complexity index is 427. The standard InChI is InChI=1S/C17H26N2O.ClH/c1-3-14-6-8-15(9-7-14)13-19(2)17(20)11-10-16-5-4-12-18-16;/h6-9,16,18H,3-5,10-13H2,1-2H3;1H. The molecule has 1 unspecified atom stereocenters. The van der Waals surface area contributed by atoms with Crippen LogP contribution in [0.3, 0.4) is 0 Å². The number of carbonyl (C=O) groups excluding carboxylic acids is 1. The summed E-state index contributed by atoms with van der Waals surface area (Å²) >= 11 is 0. The van der Waals surface area contributed by atoms with Crippen LogP contribution in [0.15, 0.2) is 24.3 Å². The van der Waals surface area contributed by atoms with Crippen LogP contribution in [0.2, 0.25) is 0 Å². The number of aryl methyl sites for hydroxylation is 1. The van der Waals surface area contributed by atoms with Crippen LogP contribution in [0.5, 0.6) is 0 Å². The monoisotopic (exact) mass is 310 g/mol. The van der Waals surface area contributed by atoms with E-state index >= 15 is 0 Å². The summed E-state index contributed by atoms with van der Waals surface area (Å²) in [5.74, 6) is 0.248. The average molecular weight is 311 g/mol. The number of nitrogens with zero attached hydrogens (tertiary/aromatic N) is 1. The van der Waals surface area contributed by atoms with E-state index in [-0.39, 0.29) is 18.3 Å². The zero-order valence-electron chi connectivity index (χ0n) is 13.1. The van der Waals surface area contributed by atoms with Crippen molar-refractivity contribution in [1.29, 1.82) is 0 Å². The minimum absolute atomic E-state index is 0. The lowest BCUT2D eigenvalue weighted by Crippen LogP contribution is -2.29. The summed E-state index contributed by atoms with van der Waals surface area (Å²) in [7, 11) is 1.90. The molecule has 0 bridgehead atoms. The Labute approximate surface area is 134 Å². The molecule has 1 aliphatic rings. The van der Waals surface area contributed by atoms with Crippen LogP contribution in [0.25, 0.3) is 0 Å². The minimum Gasteiger partial charge on any atom is -0.341 e. The molecule has 1 N–H and O–H groups in total. The quantitative estimate of drug-likeness (QED) is 0.875. The van der Waals surface area contributed by atoms with Crippen LogP contribution < -0.4 is 5.32 Å². The highest BCUT2D eigenvalue weighted by molar-refractivity contribution is 5.85. The second kappa shape index (κ2) is 9.06. The third kappa shape index (κ3) is 5.68. The summed E-state index contributed by atoms with van der Waals surface area (Å²) in [5.41, 5.74) is 2.55. The summed E-state index contributed by atoms with van der Waals surface area (Å²) < 4.78 is 0. The second-order valence-corrected chi connectivity index (χ2v) is 5.75. The van der Waals surface area contributed by atoms with Crippen molar-refractivity contribution in [2.45, 2.75) is 51.6 Å². The molecule has 1 aromatic carbocycles. The van der Waals surface area contributed by atoms with Gasteiger partial charge in [0.15, 0.2) is 0 Å². The van der Waals surface area contributed by atoms with E-state index < -0.39 is 0 Å². The van der Waals surface area contributed by atoms with Crippen LogP contribution in [0.1, 0.15) is 43.7 Å². The van der Waals surface area contributed by atoms with Crippen molar-refractivity contribution in [3.8, 4) is 0 Å². The van der Waals surface area contributed by atoms with Crippen molar-refractivity contribution in [3.63, 3.8) is 0 Å². The first kappa shape index (κ1) is 18.0. The van der Waals surface area contributed by atoms with Gasteiger partial charge >= 0.3 is 0 Å². The number of hydrogen-bond acceptors (Lipinski definition) is 2. The fraction of sp³-hybridized carbons (Fsp3) is 0.588. The van der Waals surface area contributed by atoms with Gasteiger partial charge < -0.3 is 10.2 Å². The fourth-order valence-electron chi connectivity index (χ4n) is 2.73. The van der Waals surface area contributed by atoms with E-state index in [1.54, 1.807) is 0 Å². The molecular weight excluding hydrogens is 284 g/mol. The van der Waals surface area contributed by atoms with Gasteiger partial charge in [-0.3, -0.25) is 4.79 Å². The van der Waals surface area contributed by atoms with Gasteiger partial charge in [-0.05, 0) is 43.4 Å². The Hall–Kier alpha value is -1.06.